The van der Waals surface area contributed by atoms with E-state index in [1.54, 1.807) is 51.9 Å². The summed E-state index contributed by atoms with van der Waals surface area (Å²) in [6.45, 7) is 1.04. The number of benzene rings is 1. The third-order valence-corrected chi connectivity index (χ3v) is 7.41. The van der Waals surface area contributed by atoms with Gasteiger partial charge in [-0.2, -0.15) is 5.26 Å². The summed E-state index contributed by atoms with van der Waals surface area (Å²) in [5.74, 6) is 0.400. The zero-order valence-electron chi connectivity index (χ0n) is 16.8. The summed E-state index contributed by atoms with van der Waals surface area (Å²) >= 11 is 2.96. The predicted octanol–water partition coefficient (Wildman–Crippen LogP) is 3.01. The first-order valence-electron chi connectivity index (χ1n) is 10.1. The van der Waals surface area contributed by atoms with Crippen LogP contribution in [0.25, 0.3) is 0 Å². The first-order chi connectivity index (χ1) is 15.1. The molecule has 2 atom stereocenters. The summed E-state index contributed by atoms with van der Waals surface area (Å²) in [6, 6.07) is 11.8. The first-order valence-corrected chi connectivity index (χ1v) is 12.1. The average Bonchev–Trinajstić information content (AvgIpc) is 3.51. The van der Waals surface area contributed by atoms with Gasteiger partial charge >= 0.3 is 0 Å². The van der Waals surface area contributed by atoms with Crippen LogP contribution < -0.4 is 5.32 Å². The fraction of sp³-hybridized carbons (Fsp3) is 0.364. The van der Waals surface area contributed by atoms with Gasteiger partial charge in [-0.15, -0.1) is 23.1 Å². The molecule has 2 fully saturated rings. The number of hydrogen-bond donors (Lipinski definition) is 1. The van der Waals surface area contributed by atoms with Crippen molar-refractivity contribution in [2.45, 2.75) is 18.9 Å². The van der Waals surface area contributed by atoms with Gasteiger partial charge in [0.15, 0.2) is 0 Å². The van der Waals surface area contributed by atoms with E-state index >= 15 is 0 Å². The monoisotopic (exact) mass is 454 g/mol. The van der Waals surface area contributed by atoms with E-state index in [1.807, 2.05) is 17.5 Å². The third kappa shape index (κ3) is 4.75. The highest BCUT2D eigenvalue weighted by Gasteiger charge is 2.39. The lowest BCUT2D eigenvalue weighted by Crippen LogP contribution is -2.50. The lowest BCUT2D eigenvalue weighted by atomic mass is 9.96. The van der Waals surface area contributed by atoms with E-state index in [9.17, 15) is 14.4 Å². The Morgan fingerprint density at radius 2 is 1.97 bits per heavy atom. The standard InChI is InChI=1S/C22H22N4O3S2/c23-11-15-5-7-17(8-6-15)24-20(27)18-13-30-14-26(18)21(28)16-3-1-9-25(12-16)22(29)19-4-2-10-31-19/h2,4-8,10,16,18H,1,3,9,12-14H2,(H,24,27). The topological polar surface area (TPSA) is 93.5 Å². The Hall–Kier alpha value is -2.83. The molecule has 0 spiro atoms. The average molecular weight is 455 g/mol. The van der Waals surface area contributed by atoms with E-state index in [4.69, 9.17) is 5.26 Å². The van der Waals surface area contributed by atoms with Gasteiger partial charge in [0.2, 0.25) is 11.8 Å². The van der Waals surface area contributed by atoms with E-state index in [0.717, 1.165) is 12.8 Å². The van der Waals surface area contributed by atoms with E-state index in [1.165, 1.54) is 11.3 Å². The summed E-state index contributed by atoms with van der Waals surface area (Å²) in [5.41, 5.74) is 1.11. The number of nitrogens with one attached hydrogen (secondary N) is 1. The molecular formula is C22H22N4O3S2. The van der Waals surface area contributed by atoms with Gasteiger partial charge in [-0.05, 0) is 48.6 Å². The SMILES string of the molecule is N#Cc1ccc(NC(=O)C2CSCN2C(=O)C2CCCN(C(=O)c3cccs3)C2)cc1. The Morgan fingerprint density at radius 3 is 2.68 bits per heavy atom. The maximum absolute atomic E-state index is 13.3. The normalized spacial score (nSPS) is 20.9. The Morgan fingerprint density at radius 1 is 1.16 bits per heavy atom. The summed E-state index contributed by atoms with van der Waals surface area (Å²) in [7, 11) is 0. The number of thiophene rings is 1. The highest BCUT2D eigenvalue weighted by Crippen LogP contribution is 2.28. The number of carbonyl (C=O) groups excluding carboxylic acids is 3. The fourth-order valence-electron chi connectivity index (χ4n) is 3.88. The minimum Gasteiger partial charge on any atom is -0.337 e. The molecule has 2 aromatic rings. The molecule has 2 unspecified atom stereocenters. The van der Waals surface area contributed by atoms with E-state index in [2.05, 4.69) is 5.32 Å². The minimum absolute atomic E-state index is 0.0293. The van der Waals surface area contributed by atoms with E-state index in [-0.39, 0.29) is 23.6 Å². The molecule has 3 amide bonds. The molecule has 1 aromatic carbocycles. The van der Waals surface area contributed by atoms with Crippen LogP contribution in [0.15, 0.2) is 41.8 Å². The molecule has 0 bridgehead atoms. The van der Waals surface area contributed by atoms with Crippen molar-refractivity contribution in [3.8, 4) is 6.07 Å². The molecule has 0 radical (unpaired) electrons. The van der Waals surface area contributed by atoms with Gasteiger partial charge in [0.25, 0.3) is 5.91 Å². The molecule has 0 aliphatic carbocycles. The van der Waals surface area contributed by atoms with Gasteiger partial charge in [-0.3, -0.25) is 14.4 Å². The van der Waals surface area contributed by atoms with Crippen molar-refractivity contribution in [2.24, 2.45) is 5.92 Å². The fourth-order valence-corrected chi connectivity index (χ4v) is 5.74. The second-order valence-corrected chi connectivity index (χ2v) is 9.52. The number of thioether (sulfide) groups is 1. The van der Waals surface area contributed by atoms with Crippen LogP contribution in [0.3, 0.4) is 0 Å². The van der Waals surface area contributed by atoms with Crippen molar-refractivity contribution in [1.82, 2.24) is 9.80 Å². The van der Waals surface area contributed by atoms with Gasteiger partial charge in [-0.1, -0.05) is 6.07 Å². The van der Waals surface area contributed by atoms with Crippen LogP contribution in [0.4, 0.5) is 5.69 Å². The summed E-state index contributed by atoms with van der Waals surface area (Å²) in [5, 5.41) is 13.6. The molecular weight excluding hydrogens is 432 g/mol. The lowest BCUT2D eigenvalue weighted by Gasteiger charge is -2.35. The molecule has 2 saturated heterocycles. The van der Waals surface area contributed by atoms with Crippen LogP contribution in [-0.4, -0.2) is 58.3 Å². The van der Waals surface area contributed by atoms with Crippen molar-refractivity contribution in [3.63, 3.8) is 0 Å². The van der Waals surface area contributed by atoms with Crippen molar-refractivity contribution in [3.05, 3.63) is 52.2 Å². The predicted molar refractivity (Wildman–Crippen MR) is 121 cm³/mol. The van der Waals surface area contributed by atoms with Crippen molar-refractivity contribution in [2.75, 3.05) is 30.0 Å². The Balaban J connectivity index is 1.40. The Kier molecular flexibility index (Phi) is 6.59. The quantitative estimate of drug-likeness (QED) is 0.767. The number of carbonyl (C=O) groups is 3. The summed E-state index contributed by atoms with van der Waals surface area (Å²) < 4.78 is 0. The molecule has 2 aliphatic heterocycles. The molecule has 4 rings (SSSR count). The smallest absolute Gasteiger partial charge is 0.263 e. The van der Waals surface area contributed by atoms with Gasteiger partial charge in [0.05, 0.1) is 28.3 Å². The number of hydrogen-bond acceptors (Lipinski definition) is 6. The van der Waals surface area contributed by atoms with Crippen LogP contribution in [0.2, 0.25) is 0 Å². The molecule has 0 saturated carbocycles. The van der Waals surface area contributed by atoms with Crippen LogP contribution in [0.5, 0.6) is 0 Å². The summed E-state index contributed by atoms with van der Waals surface area (Å²) in [6.07, 6.45) is 1.49. The van der Waals surface area contributed by atoms with Crippen LogP contribution in [0.1, 0.15) is 28.1 Å². The first kappa shape index (κ1) is 21.4. The number of nitriles is 1. The van der Waals surface area contributed by atoms with Crippen LogP contribution in [-0.2, 0) is 9.59 Å². The zero-order valence-corrected chi connectivity index (χ0v) is 18.5. The molecule has 2 aliphatic rings. The van der Waals surface area contributed by atoms with Crippen molar-refractivity contribution < 1.29 is 14.4 Å². The third-order valence-electron chi connectivity index (χ3n) is 5.54. The van der Waals surface area contributed by atoms with E-state index in [0.29, 0.717) is 40.8 Å². The highest BCUT2D eigenvalue weighted by atomic mass is 32.2. The Bertz CT molecular complexity index is 1000. The van der Waals surface area contributed by atoms with Gasteiger partial charge in [0, 0.05) is 24.5 Å². The molecule has 9 heteroatoms. The number of nitrogens with zero attached hydrogens (tertiary/aromatic N) is 3. The van der Waals surface area contributed by atoms with Crippen molar-refractivity contribution >= 4 is 46.5 Å². The largest absolute Gasteiger partial charge is 0.337 e. The number of rotatable bonds is 4. The number of anilines is 1. The number of amides is 3. The van der Waals surface area contributed by atoms with Crippen LogP contribution in [0, 0.1) is 17.2 Å². The molecule has 1 N–H and O–H groups in total. The van der Waals surface area contributed by atoms with Gasteiger partial charge in [-0.25, -0.2) is 0 Å². The van der Waals surface area contributed by atoms with Gasteiger partial charge < -0.3 is 15.1 Å². The van der Waals surface area contributed by atoms with Crippen LogP contribution >= 0.6 is 23.1 Å². The second-order valence-electron chi connectivity index (χ2n) is 7.57. The molecule has 3 heterocycles. The lowest BCUT2D eigenvalue weighted by molar-refractivity contribution is -0.140. The van der Waals surface area contributed by atoms with Gasteiger partial charge in [0.1, 0.15) is 6.04 Å². The van der Waals surface area contributed by atoms with Crippen molar-refractivity contribution in [1.29, 1.82) is 5.26 Å². The minimum atomic E-state index is -0.545. The van der Waals surface area contributed by atoms with E-state index < -0.39 is 6.04 Å². The molecule has 160 valence electrons. The molecule has 7 nitrogen and oxygen atoms in total. The molecule has 1 aromatic heterocycles. The number of piperidine rings is 1. The maximum atomic E-state index is 13.3. The highest BCUT2D eigenvalue weighted by molar-refractivity contribution is 7.99. The number of likely N-dealkylation sites (tertiary alicyclic amines) is 1. The summed E-state index contributed by atoms with van der Waals surface area (Å²) in [4.78, 5) is 42.9. The second kappa shape index (κ2) is 9.54. The zero-order chi connectivity index (χ0) is 21.8. The molecule has 31 heavy (non-hydrogen) atoms. The maximum Gasteiger partial charge on any atom is 0.263 e. The Labute approximate surface area is 189 Å².